The maximum absolute atomic E-state index is 12.0. The van der Waals surface area contributed by atoms with E-state index in [1.807, 2.05) is 0 Å². The molecule has 0 fully saturated rings. The largest absolute Gasteiger partial charge is 0.435 e. The summed E-state index contributed by atoms with van der Waals surface area (Å²) in [5.41, 5.74) is 1.39. The zero-order valence-corrected chi connectivity index (χ0v) is 10.7. The summed E-state index contributed by atoms with van der Waals surface area (Å²) in [6.45, 7) is -1.06. The van der Waals surface area contributed by atoms with Gasteiger partial charge in [0.05, 0.1) is 0 Å². The monoisotopic (exact) mass is 285 g/mol. The van der Waals surface area contributed by atoms with Crippen molar-refractivity contribution >= 4 is 23.1 Å². The third-order valence-corrected chi connectivity index (χ3v) is 2.75. The summed E-state index contributed by atoms with van der Waals surface area (Å²) in [6, 6.07) is 6.08. The molecule has 2 aromatic rings. The van der Waals surface area contributed by atoms with E-state index in [2.05, 4.69) is 20.0 Å². The molecule has 0 aliphatic rings. The number of nitrogens with zero attached hydrogens (tertiary/aromatic N) is 2. The van der Waals surface area contributed by atoms with Crippen LogP contribution in [0.1, 0.15) is 5.56 Å². The molecule has 0 radical (unpaired) electrons. The van der Waals surface area contributed by atoms with Gasteiger partial charge in [-0.2, -0.15) is 8.78 Å². The highest BCUT2D eigenvalue weighted by molar-refractivity contribution is 6.30. The number of alkyl halides is 2. The second-order valence-corrected chi connectivity index (χ2v) is 4.02. The number of aromatic nitrogens is 2. The summed E-state index contributed by atoms with van der Waals surface area (Å²) in [5.74, 6) is 0.653. The van der Waals surface area contributed by atoms with Gasteiger partial charge in [0, 0.05) is 11.3 Å². The van der Waals surface area contributed by atoms with Crippen LogP contribution in [0.3, 0.4) is 0 Å². The quantitative estimate of drug-likeness (QED) is 0.868. The molecule has 0 aliphatic heterocycles. The van der Waals surface area contributed by atoms with E-state index < -0.39 is 6.61 Å². The van der Waals surface area contributed by atoms with Crippen LogP contribution in [0.25, 0.3) is 0 Å². The Morgan fingerprint density at radius 3 is 2.53 bits per heavy atom. The number of rotatable bonds is 4. The van der Waals surface area contributed by atoms with Gasteiger partial charge in [0.1, 0.15) is 23.0 Å². The van der Waals surface area contributed by atoms with Gasteiger partial charge >= 0.3 is 6.61 Å². The number of ether oxygens (including phenoxy) is 1. The fraction of sp³-hybridized carbons (Fsp3) is 0.167. The van der Waals surface area contributed by atoms with Crippen molar-refractivity contribution in [3.8, 4) is 5.75 Å². The minimum absolute atomic E-state index is 0.0954. The molecule has 19 heavy (non-hydrogen) atoms. The highest BCUT2D eigenvalue weighted by Crippen LogP contribution is 2.24. The zero-order chi connectivity index (χ0) is 13.8. The molecule has 0 unspecified atom stereocenters. The van der Waals surface area contributed by atoms with Gasteiger partial charge < -0.3 is 10.1 Å². The molecule has 0 bridgehead atoms. The van der Waals surface area contributed by atoms with Crippen LogP contribution in [0.2, 0.25) is 5.15 Å². The van der Waals surface area contributed by atoms with E-state index in [4.69, 9.17) is 11.6 Å². The van der Waals surface area contributed by atoms with E-state index in [0.29, 0.717) is 22.2 Å². The number of benzene rings is 1. The maximum Gasteiger partial charge on any atom is 0.387 e. The first-order chi connectivity index (χ1) is 9.06. The van der Waals surface area contributed by atoms with Crippen LogP contribution in [0.15, 0.2) is 30.6 Å². The fourth-order valence-electron chi connectivity index (χ4n) is 1.41. The Balaban J connectivity index is 2.13. The molecule has 1 heterocycles. The molecule has 1 N–H and O–H groups in total. The minimum Gasteiger partial charge on any atom is -0.435 e. The first-order valence-corrected chi connectivity index (χ1v) is 5.73. The Morgan fingerprint density at radius 2 is 1.89 bits per heavy atom. The molecular formula is C12H10ClF2N3O. The van der Waals surface area contributed by atoms with E-state index in [1.165, 1.54) is 18.5 Å². The average molecular weight is 286 g/mol. The molecule has 0 atom stereocenters. The van der Waals surface area contributed by atoms with Crippen LogP contribution in [0, 0.1) is 6.92 Å². The number of nitrogens with one attached hydrogen (secondary N) is 1. The molecule has 100 valence electrons. The molecule has 0 saturated heterocycles. The lowest BCUT2D eigenvalue weighted by Crippen LogP contribution is -2.02. The summed E-state index contributed by atoms with van der Waals surface area (Å²) in [4.78, 5) is 7.89. The Bertz CT molecular complexity index is 563. The first kappa shape index (κ1) is 13.5. The summed E-state index contributed by atoms with van der Waals surface area (Å²) >= 11 is 5.87. The lowest BCUT2D eigenvalue weighted by Gasteiger charge is -2.09. The van der Waals surface area contributed by atoms with Gasteiger partial charge in [-0.25, -0.2) is 9.97 Å². The van der Waals surface area contributed by atoms with Gasteiger partial charge in [0.2, 0.25) is 0 Å². The Hall–Kier alpha value is -1.95. The van der Waals surface area contributed by atoms with Crippen molar-refractivity contribution in [3.05, 3.63) is 41.3 Å². The molecule has 4 nitrogen and oxygen atoms in total. The molecule has 0 aliphatic carbocycles. The summed E-state index contributed by atoms with van der Waals surface area (Å²) < 4.78 is 28.2. The van der Waals surface area contributed by atoms with E-state index in [0.717, 1.165) is 0 Å². The smallest absolute Gasteiger partial charge is 0.387 e. The lowest BCUT2D eigenvalue weighted by atomic mass is 10.3. The van der Waals surface area contributed by atoms with E-state index >= 15 is 0 Å². The highest BCUT2D eigenvalue weighted by Gasteiger charge is 2.06. The Morgan fingerprint density at radius 1 is 1.21 bits per heavy atom. The van der Waals surface area contributed by atoms with E-state index in [9.17, 15) is 8.78 Å². The molecule has 0 saturated carbocycles. The van der Waals surface area contributed by atoms with Crippen molar-refractivity contribution in [2.75, 3.05) is 5.32 Å². The number of hydrogen-bond donors (Lipinski definition) is 1. The number of hydrogen-bond acceptors (Lipinski definition) is 4. The van der Waals surface area contributed by atoms with Gasteiger partial charge in [-0.3, -0.25) is 0 Å². The van der Waals surface area contributed by atoms with Gasteiger partial charge in [0.25, 0.3) is 0 Å². The van der Waals surface area contributed by atoms with E-state index in [-0.39, 0.29) is 5.75 Å². The number of halogens is 3. The predicted octanol–water partition coefficient (Wildman–Crippen LogP) is 3.78. The minimum atomic E-state index is -2.83. The molecule has 0 spiro atoms. The SMILES string of the molecule is Cc1c(Cl)ncnc1Nc1ccc(OC(F)F)cc1. The Kier molecular flexibility index (Phi) is 4.11. The van der Waals surface area contributed by atoms with Crippen molar-refractivity contribution < 1.29 is 13.5 Å². The summed E-state index contributed by atoms with van der Waals surface area (Å²) in [7, 11) is 0. The second-order valence-electron chi connectivity index (χ2n) is 3.67. The van der Waals surface area contributed by atoms with Crippen LogP contribution < -0.4 is 10.1 Å². The standard InChI is InChI=1S/C12H10ClF2N3O/c1-7-10(13)16-6-17-11(7)18-8-2-4-9(5-3-8)19-12(14)15/h2-6,12H,1H3,(H,16,17,18). The van der Waals surface area contributed by atoms with Crippen molar-refractivity contribution in [2.45, 2.75) is 13.5 Å². The second kappa shape index (κ2) is 5.79. The van der Waals surface area contributed by atoms with E-state index in [1.54, 1.807) is 19.1 Å². The van der Waals surface area contributed by atoms with Crippen molar-refractivity contribution in [2.24, 2.45) is 0 Å². The fourth-order valence-corrected chi connectivity index (χ4v) is 1.54. The summed E-state index contributed by atoms with van der Waals surface area (Å²) in [5, 5.41) is 3.37. The molecule has 0 amide bonds. The predicted molar refractivity (Wildman–Crippen MR) is 68.1 cm³/mol. The van der Waals surface area contributed by atoms with Gasteiger partial charge in [-0.1, -0.05) is 11.6 Å². The van der Waals surface area contributed by atoms with Crippen LogP contribution >= 0.6 is 11.6 Å². The molecule has 1 aromatic heterocycles. The van der Waals surface area contributed by atoms with Gasteiger partial charge in [0.15, 0.2) is 0 Å². The zero-order valence-electron chi connectivity index (χ0n) is 9.90. The van der Waals surface area contributed by atoms with Crippen molar-refractivity contribution in [1.82, 2.24) is 9.97 Å². The maximum atomic E-state index is 12.0. The molecule has 2 rings (SSSR count). The van der Waals surface area contributed by atoms with Crippen LogP contribution in [-0.2, 0) is 0 Å². The first-order valence-electron chi connectivity index (χ1n) is 5.35. The van der Waals surface area contributed by atoms with Crippen LogP contribution in [-0.4, -0.2) is 16.6 Å². The molecule has 1 aromatic carbocycles. The molecule has 7 heteroatoms. The molecular weight excluding hydrogens is 276 g/mol. The van der Waals surface area contributed by atoms with Gasteiger partial charge in [-0.05, 0) is 31.2 Å². The lowest BCUT2D eigenvalue weighted by molar-refractivity contribution is -0.0498. The third-order valence-electron chi connectivity index (χ3n) is 2.36. The van der Waals surface area contributed by atoms with Gasteiger partial charge in [-0.15, -0.1) is 0 Å². The average Bonchev–Trinajstić information content (AvgIpc) is 2.37. The summed E-state index contributed by atoms with van der Waals surface area (Å²) in [6.07, 6.45) is 1.34. The Labute approximate surface area is 113 Å². The topological polar surface area (TPSA) is 47.0 Å². The number of anilines is 2. The normalized spacial score (nSPS) is 10.6. The van der Waals surface area contributed by atoms with Crippen molar-refractivity contribution in [1.29, 1.82) is 0 Å². The van der Waals surface area contributed by atoms with Crippen LogP contribution in [0.4, 0.5) is 20.3 Å². The highest BCUT2D eigenvalue weighted by atomic mass is 35.5. The van der Waals surface area contributed by atoms with Crippen LogP contribution in [0.5, 0.6) is 5.75 Å². The van der Waals surface area contributed by atoms with Crippen molar-refractivity contribution in [3.63, 3.8) is 0 Å². The third kappa shape index (κ3) is 3.51.